The van der Waals surface area contributed by atoms with Crippen LogP contribution < -0.4 is 5.32 Å². The van der Waals surface area contributed by atoms with Gasteiger partial charge in [0, 0.05) is 5.02 Å². The molecule has 9 heteroatoms. The van der Waals surface area contributed by atoms with E-state index < -0.39 is 29.9 Å². The van der Waals surface area contributed by atoms with Gasteiger partial charge >= 0.3 is 6.18 Å². The monoisotopic (exact) mass is 426 g/mol. The zero-order valence-corrected chi connectivity index (χ0v) is 15.9. The summed E-state index contributed by atoms with van der Waals surface area (Å²) in [6.45, 7) is -0.403. The highest BCUT2D eigenvalue weighted by molar-refractivity contribution is 8.03. The first kappa shape index (κ1) is 20.3. The van der Waals surface area contributed by atoms with Crippen LogP contribution in [0.3, 0.4) is 0 Å². The van der Waals surface area contributed by atoms with Crippen molar-refractivity contribution in [1.82, 2.24) is 4.90 Å². The Balaban J connectivity index is 1.82. The molecule has 2 aromatic rings. The van der Waals surface area contributed by atoms with E-state index in [0.29, 0.717) is 5.70 Å². The molecule has 3 rings (SSSR count). The Kier molecular flexibility index (Phi) is 6.00. The molecule has 0 radical (unpaired) electrons. The lowest BCUT2D eigenvalue weighted by molar-refractivity contribution is -0.137. The van der Waals surface area contributed by atoms with Crippen molar-refractivity contribution in [3.05, 3.63) is 70.1 Å². The summed E-state index contributed by atoms with van der Waals surface area (Å²) in [5.41, 5.74) is -0.193. The SMILES string of the molecule is O=C(CN1C(=O)CSC=C1c1ccccc1)Nc1ccc(Cl)cc1C(F)(F)F. The van der Waals surface area contributed by atoms with Gasteiger partial charge in [-0.15, -0.1) is 11.8 Å². The van der Waals surface area contributed by atoms with Crippen LogP contribution in [0.25, 0.3) is 5.70 Å². The molecule has 0 fully saturated rings. The molecule has 1 aliphatic heterocycles. The molecule has 0 atom stereocenters. The highest BCUT2D eigenvalue weighted by Crippen LogP contribution is 2.36. The number of carbonyl (C=O) groups excluding carboxylic acids is 2. The van der Waals surface area contributed by atoms with E-state index in [4.69, 9.17) is 11.6 Å². The standard InChI is InChI=1S/C19H14ClF3N2O2S/c20-13-6-7-15(14(8-13)19(21,22)23)24-17(26)9-25-16(10-28-11-18(25)27)12-4-2-1-3-5-12/h1-8,10H,9,11H2,(H,24,26). The summed E-state index contributed by atoms with van der Waals surface area (Å²) in [4.78, 5) is 26.0. The lowest BCUT2D eigenvalue weighted by atomic mass is 10.1. The van der Waals surface area contributed by atoms with Crippen molar-refractivity contribution in [3.63, 3.8) is 0 Å². The largest absolute Gasteiger partial charge is 0.418 e. The average Bonchev–Trinajstić information content (AvgIpc) is 2.65. The zero-order chi connectivity index (χ0) is 20.3. The summed E-state index contributed by atoms with van der Waals surface area (Å²) in [5.74, 6) is -0.887. The molecular formula is C19H14ClF3N2O2S. The van der Waals surface area contributed by atoms with E-state index in [2.05, 4.69) is 5.32 Å². The zero-order valence-electron chi connectivity index (χ0n) is 14.3. The van der Waals surface area contributed by atoms with Crippen molar-refractivity contribution in [2.75, 3.05) is 17.6 Å². The van der Waals surface area contributed by atoms with Crippen LogP contribution in [0.4, 0.5) is 18.9 Å². The summed E-state index contributed by atoms with van der Waals surface area (Å²) in [6, 6.07) is 12.1. The lowest BCUT2D eigenvalue weighted by Gasteiger charge is -2.28. The maximum absolute atomic E-state index is 13.2. The molecule has 0 spiro atoms. The highest BCUT2D eigenvalue weighted by Gasteiger charge is 2.34. The molecule has 0 aliphatic carbocycles. The molecular weight excluding hydrogens is 413 g/mol. The fraction of sp³-hybridized carbons (Fsp3) is 0.158. The maximum atomic E-state index is 13.2. The number of thioether (sulfide) groups is 1. The van der Waals surface area contributed by atoms with Crippen LogP contribution in [-0.4, -0.2) is 29.0 Å². The molecule has 0 unspecified atom stereocenters. The first-order valence-electron chi connectivity index (χ1n) is 8.10. The van der Waals surface area contributed by atoms with E-state index in [-0.39, 0.29) is 16.7 Å². The Hall–Kier alpha value is -2.45. The van der Waals surface area contributed by atoms with Crippen LogP contribution >= 0.6 is 23.4 Å². The minimum atomic E-state index is -4.68. The summed E-state index contributed by atoms with van der Waals surface area (Å²) in [6.07, 6.45) is -4.68. The van der Waals surface area contributed by atoms with Gasteiger partial charge < -0.3 is 10.2 Å². The number of alkyl halides is 3. The number of rotatable bonds is 4. The van der Waals surface area contributed by atoms with Gasteiger partial charge in [0.2, 0.25) is 11.8 Å². The molecule has 0 aromatic heterocycles. The van der Waals surface area contributed by atoms with Gasteiger partial charge in [0.1, 0.15) is 6.54 Å². The van der Waals surface area contributed by atoms with E-state index in [1.807, 2.05) is 6.07 Å². The van der Waals surface area contributed by atoms with Gasteiger partial charge in [-0.1, -0.05) is 41.9 Å². The third kappa shape index (κ3) is 4.69. The predicted molar refractivity (Wildman–Crippen MR) is 104 cm³/mol. The molecule has 28 heavy (non-hydrogen) atoms. The topological polar surface area (TPSA) is 49.4 Å². The van der Waals surface area contributed by atoms with Crippen LogP contribution in [0.2, 0.25) is 5.02 Å². The van der Waals surface area contributed by atoms with E-state index in [1.165, 1.54) is 22.7 Å². The highest BCUT2D eigenvalue weighted by atomic mass is 35.5. The van der Waals surface area contributed by atoms with Crippen LogP contribution in [-0.2, 0) is 15.8 Å². The van der Waals surface area contributed by atoms with Crippen molar-refractivity contribution >= 4 is 46.6 Å². The second-order valence-corrected chi connectivity index (χ2v) is 7.19. The number of halogens is 4. The smallest absolute Gasteiger partial charge is 0.324 e. The molecule has 0 saturated carbocycles. The van der Waals surface area contributed by atoms with Crippen LogP contribution in [0.5, 0.6) is 0 Å². The first-order valence-corrected chi connectivity index (χ1v) is 9.52. The third-order valence-corrected chi connectivity index (χ3v) is 4.96. The van der Waals surface area contributed by atoms with Crippen molar-refractivity contribution < 1.29 is 22.8 Å². The molecule has 1 aliphatic rings. The number of nitrogens with zero attached hydrogens (tertiary/aromatic N) is 1. The molecule has 1 N–H and O–H groups in total. The normalized spacial score (nSPS) is 14.6. The van der Waals surface area contributed by atoms with Gasteiger partial charge in [0.15, 0.2) is 0 Å². The Bertz CT molecular complexity index is 933. The van der Waals surface area contributed by atoms with Crippen molar-refractivity contribution in [3.8, 4) is 0 Å². The van der Waals surface area contributed by atoms with E-state index in [9.17, 15) is 22.8 Å². The molecule has 4 nitrogen and oxygen atoms in total. The third-order valence-electron chi connectivity index (χ3n) is 3.93. The van der Waals surface area contributed by atoms with Gasteiger partial charge in [-0.2, -0.15) is 13.2 Å². The molecule has 2 amide bonds. The minimum Gasteiger partial charge on any atom is -0.324 e. The number of amides is 2. The van der Waals surface area contributed by atoms with E-state index in [0.717, 1.165) is 17.7 Å². The average molecular weight is 427 g/mol. The number of nitrogens with one attached hydrogen (secondary N) is 1. The van der Waals surface area contributed by atoms with Gasteiger partial charge in [-0.25, -0.2) is 0 Å². The van der Waals surface area contributed by atoms with E-state index >= 15 is 0 Å². The molecule has 0 saturated heterocycles. The molecule has 2 aromatic carbocycles. The minimum absolute atomic E-state index is 0.0946. The first-order chi connectivity index (χ1) is 13.3. The van der Waals surface area contributed by atoms with Gasteiger partial charge in [0.05, 0.1) is 22.7 Å². The van der Waals surface area contributed by atoms with Gasteiger partial charge in [-0.3, -0.25) is 9.59 Å². The second-order valence-electron chi connectivity index (χ2n) is 5.90. The number of hydrogen-bond acceptors (Lipinski definition) is 3. The number of anilines is 1. The lowest BCUT2D eigenvalue weighted by Crippen LogP contribution is -2.39. The maximum Gasteiger partial charge on any atom is 0.418 e. The van der Waals surface area contributed by atoms with Crippen LogP contribution in [0.1, 0.15) is 11.1 Å². The number of carbonyl (C=O) groups is 2. The van der Waals surface area contributed by atoms with Gasteiger partial charge in [-0.05, 0) is 29.2 Å². The Morgan fingerprint density at radius 2 is 1.89 bits per heavy atom. The fourth-order valence-corrected chi connectivity index (χ4v) is 3.64. The summed E-state index contributed by atoms with van der Waals surface area (Å²) < 4.78 is 39.6. The second kappa shape index (κ2) is 8.28. The van der Waals surface area contributed by atoms with Crippen molar-refractivity contribution in [2.45, 2.75) is 6.18 Å². The Morgan fingerprint density at radius 3 is 2.57 bits per heavy atom. The molecule has 0 bridgehead atoms. The van der Waals surface area contributed by atoms with Gasteiger partial charge in [0.25, 0.3) is 0 Å². The quantitative estimate of drug-likeness (QED) is 0.758. The number of benzene rings is 2. The summed E-state index contributed by atoms with van der Waals surface area (Å²) in [7, 11) is 0. The number of hydrogen-bond donors (Lipinski definition) is 1. The predicted octanol–water partition coefficient (Wildman–Crippen LogP) is 4.87. The fourth-order valence-electron chi connectivity index (χ4n) is 2.67. The summed E-state index contributed by atoms with van der Waals surface area (Å²) in [5, 5.41) is 3.90. The van der Waals surface area contributed by atoms with Crippen molar-refractivity contribution in [1.29, 1.82) is 0 Å². The molecule has 1 heterocycles. The van der Waals surface area contributed by atoms with Crippen molar-refractivity contribution in [2.24, 2.45) is 0 Å². The Labute approximate surface area is 168 Å². The van der Waals surface area contributed by atoms with Crippen LogP contribution in [0, 0.1) is 0 Å². The van der Waals surface area contributed by atoms with Crippen LogP contribution in [0.15, 0.2) is 53.9 Å². The summed E-state index contributed by atoms with van der Waals surface area (Å²) >= 11 is 6.95. The van der Waals surface area contributed by atoms with E-state index in [1.54, 1.807) is 29.7 Å². The Morgan fingerprint density at radius 1 is 1.18 bits per heavy atom. The molecule has 146 valence electrons.